The van der Waals surface area contributed by atoms with Gasteiger partial charge in [0.05, 0.1) is 11.6 Å². The van der Waals surface area contributed by atoms with Crippen LogP contribution in [0.4, 0.5) is 14.7 Å². The first kappa shape index (κ1) is 18.1. The standard InChI is InChI=1S/C18H23F2N5O2/c1-10-21-15-9-12(5-6-18(2,19)20)23-25(15)17(22-10)24-13-3-4-14(24)8-11(7-13)16(26)27/h9,11,13-14H,3-8H2,1-2H3,(H,26,27). The Hall–Kier alpha value is -2.32. The molecule has 0 saturated carbocycles. The molecule has 2 unspecified atom stereocenters. The number of carboxylic acid groups (broad SMARTS) is 1. The minimum atomic E-state index is -2.74. The second-order valence-electron chi connectivity index (χ2n) is 7.85. The minimum Gasteiger partial charge on any atom is -0.481 e. The number of alkyl halides is 2. The van der Waals surface area contributed by atoms with E-state index in [1.54, 1.807) is 17.5 Å². The highest BCUT2D eigenvalue weighted by molar-refractivity contribution is 5.71. The van der Waals surface area contributed by atoms with Crippen molar-refractivity contribution in [3.63, 3.8) is 0 Å². The predicted molar refractivity (Wildman–Crippen MR) is 94.1 cm³/mol. The number of aromatic nitrogens is 4. The third-order valence-corrected chi connectivity index (χ3v) is 5.60. The molecule has 2 aliphatic heterocycles. The van der Waals surface area contributed by atoms with Crippen LogP contribution in [0.25, 0.3) is 5.65 Å². The van der Waals surface area contributed by atoms with E-state index in [1.165, 1.54) is 0 Å². The molecule has 146 valence electrons. The number of aryl methyl sites for hydroxylation is 2. The lowest BCUT2D eigenvalue weighted by molar-refractivity contribution is -0.142. The number of nitrogens with zero attached hydrogens (tertiary/aromatic N) is 5. The van der Waals surface area contributed by atoms with Crippen LogP contribution >= 0.6 is 0 Å². The van der Waals surface area contributed by atoms with Gasteiger partial charge in [-0.2, -0.15) is 14.6 Å². The van der Waals surface area contributed by atoms with Crippen molar-refractivity contribution in [1.82, 2.24) is 19.6 Å². The molecule has 2 atom stereocenters. The van der Waals surface area contributed by atoms with E-state index in [-0.39, 0.29) is 30.8 Å². The Morgan fingerprint density at radius 2 is 1.96 bits per heavy atom. The van der Waals surface area contributed by atoms with Gasteiger partial charge in [0.15, 0.2) is 5.65 Å². The van der Waals surface area contributed by atoms with Gasteiger partial charge in [-0.25, -0.2) is 13.8 Å². The van der Waals surface area contributed by atoms with Gasteiger partial charge in [-0.1, -0.05) is 0 Å². The lowest BCUT2D eigenvalue weighted by Gasteiger charge is -2.38. The second-order valence-corrected chi connectivity index (χ2v) is 7.85. The molecule has 7 nitrogen and oxygen atoms in total. The third kappa shape index (κ3) is 3.46. The second kappa shape index (κ2) is 6.38. The van der Waals surface area contributed by atoms with Crippen molar-refractivity contribution in [1.29, 1.82) is 0 Å². The monoisotopic (exact) mass is 379 g/mol. The molecule has 4 heterocycles. The van der Waals surface area contributed by atoms with Crippen LogP contribution in [0.15, 0.2) is 6.07 Å². The first-order valence-electron chi connectivity index (χ1n) is 9.33. The summed E-state index contributed by atoms with van der Waals surface area (Å²) in [5.41, 5.74) is 1.15. The van der Waals surface area contributed by atoms with E-state index >= 15 is 0 Å². The Balaban J connectivity index is 1.68. The molecule has 0 aliphatic carbocycles. The molecule has 4 rings (SSSR count). The third-order valence-electron chi connectivity index (χ3n) is 5.60. The van der Waals surface area contributed by atoms with E-state index in [4.69, 9.17) is 0 Å². The molecule has 0 aromatic carbocycles. The smallest absolute Gasteiger partial charge is 0.306 e. The van der Waals surface area contributed by atoms with Crippen molar-refractivity contribution < 1.29 is 18.7 Å². The Kier molecular flexibility index (Phi) is 4.27. The van der Waals surface area contributed by atoms with Gasteiger partial charge in [0.1, 0.15) is 5.82 Å². The normalized spacial score (nSPS) is 25.3. The number of fused-ring (bicyclic) bond motifs is 3. The molecule has 2 aliphatic rings. The minimum absolute atomic E-state index is 0.106. The number of hydrogen-bond acceptors (Lipinski definition) is 5. The highest BCUT2D eigenvalue weighted by Crippen LogP contribution is 2.41. The van der Waals surface area contributed by atoms with E-state index in [0.29, 0.717) is 36.0 Å². The summed E-state index contributed by atoms with van der Waals surface area (Å²) in [6, 6.07) is 1.94. The molecule has 9 heteroatoms. The average Bonchev–Trinajstić information content (AvgIpc) is 3.09. The Morgan fingerprint density at radius 3 is 2.56 bits per heavy atom. The fourth-order valence-corrected chi connectivity index (χ4v) is 4.37. The van der Waals surface area contributed by atoms with E-state index in [9.17, 15) is 18.7 Å². The van der Waals surface area contributed by atoms with Crippen LogP contribution in [0, 0.1) is 12.8 Å². The van der Waals surface area contributed by atoms with Crippen molar-refractivity contribution in [2.75, 3.05) is 4.90 Å². The van der Waals surface area contributed by atoms with Crippen LogP contribution < -0.4 is 4.90 Å². The van der Waals surface area contributed by atoms with Crippen LogP contribution in [-0.4, -0.2) is 48.7 Å². The molecular formula is C18H23F2N5O2. The van der Waals surface area contributed by atoms with Gasteiger partial charge in [0.25, 0.3) is 0 Å². The molecule has 2 aromatic heterocycles. The molecular weight excluding hydrogens is 356 g/mol. The maximum Gasteiger partial charge on any atom is 0.306 e. The van der Waals surface area contributed by atoms with Gasteiger partial charge in [0.2, 0.25) is 11.9 Å². The fourth-order valence-electron chi connectivity index (χ4n) is 4.37. The summed E-state index contributed by atoms with van der Waals surface area (Å²) in [6.07, 6.45) is 2.93. The van der Waals surface area contributed by atoms with Crippen LogP contribution in [0.3, 0.4) is 0 Å². The van der Waals surface area contributed by atoms with Crippen LogP contribution in [0.2, 0.25) is 0 Å². The summed E-state index contributed by atoms with van der Waals surface area (Å²) in [5.74, 6) is -2.57. The topological polar surface area (TPSA) is 83.6 Å². The molecule has 2 aromatic rings. The molecule has 2 bridgehead atoms. The summed E-state index contributed by atoms with van der Waals surface area (Å²) in [6.45, 7) is 2.70. The van der Waals surface area contributed by atoms with Crippen molar-refractivity contribution in [3.8, 4) is 0 Å². The van der Waals surface area contributed by atoms with Crippen LogP contribution in [-0.2, 0) is 11.2 Å². The molecule has 1 N–H and O–H groups in total. The number of anilines is 1. The number of halogens is 2. The van der Waals surface area contributed by atoms with E-state index in [2.05, 4.69) is 20.0 Å². The van der Waals surface area contributed by atoms with Gasteiger partial charge in [-0.3, -0.25) is 4.79 Å². The number of carboxylic acids is 1. The maximum absolute atomic E-state index is 13.2. The highest BCUT2D eigenvalue weighted by atomic mass is 19.3. The zero-order valence-corrected chi connectivity index (χ0v) is 15.4. The molecule has 2 saturated heterocycles. The molecule has 0 spiro atoms. The lowest BCUT2D eigenvalue weighted by atomic mass is 9.91. The number of aliphatic carboxylic acids is 1. The molecule has 27 heavy (non-hydrogen) atoms. The lowest BCUT2D eigenvalue weighted by Crippen LogP contribution is -2.46. The summed E-state index contributed by atoms with van der Waals surface area (Å²) in [4.78, 5) is 22.6. The van der Waals surface area contributed by atoms with Crippen molar-refractivity contribution in [3.05, 3.63) is 17.6 Å². The SMILES string of the molecule is Cc1nc(N2C3CCC2CC(C(=O)O)C3)n2nc(CCC(C)(F)F)cc2n1. The average molecular weight is 379 g/mol. The van der Waals surface area contributed by atoms with Crippen LogP contribution in [0.1, 0.15) is 50.5 Å². The fraction of sp³-hybridized carbons (Fsp3) is 0.667. The molecule has 0 radical (unpaired) electrons. The predicted octanol–water partition coefficient (Wildman–Crippen LogP) is 2.85. The zero-order chi connectivity index (χ0) is 19.3. The Bertz CT molecular complexity index is 864. The highest BCUT2D eigenvalue weighted by Gasteiger charge is 2.44. The molecule has 2 fully saturated rings. The number of hydrogen-bond donors (Lipinski definition) is 1. The Labute approximate surface area is 155 Å². The first-order chi connectivity index (χ1) is 12.7. The summed E-state index contributed by atoms with van der Waals surface area (Å²) >= 11 is 0. The Morgan fingerprint density at radius 1 is 1.30 bits per heavy atom. The maximum atomic E-state index is 13.2. The van der Waals surface area contributed by atoms with Crippen molar-refractivity contribution in [2.24, 2.45) is 5.92 Å². The van der Waals surface area contributed by atoms with Crippen molar-refractivity contribution in [2.45, 2.75) is 70.4 Å². The van der Waals surface area contributed by atoms with Crippen molar-refractivity contribution >= 4 is 17.6 Å². The largest absolute Gasteiger partial charge is 0.481 e. The van der Waals surface area contributed by atoms with Gasteiger partial charge >= 0.3 is 5.97 Å². The van der Waals surface area contributed by atoms with Gasteiger partial charge < -0.3 is 10.0 Å². The van der Waals surface area contributed by atoms with E-state index < -0.39 is 11.9 Å². The number of carbonyl (C=O) groups is 1. The van der Waals surface area contributed by atoms with Gasteiger partial charge in [-0.15, -0.1) is 0 Å². The van der Waals surface area contributed by atoms with E-state index in [1.807, 2.05) is 0 Å². The van der Waals surface area contributed by atoms with Crippen LogP contribution in [0.5, 0.6) is 0 Å². The van der Waals surface area contributed by atoms with E-state index in [0.717, 1.165) is 19.8 Å². The summed E-state index contributed by atoms with van der Waals surface area (Å²) in [5, 5.41) is 13.9. The summed E-state index contributed by atoms with van der Waals surface area (Å²) < 4.78 is 28.0. The summed E-state index contributed by atoms with van der Waals surface area (Å²) in [7, 11) is 0. The quantitative estimate of drug-likeness (QED) is 0.860. The number of rotatable bonds is 5. The first-order valence-corrected chi connectivity index (χ1v) is 9.33. The van der Waals surface area contributed by atoms with Gasteiger partial charge in [0, 0.05) is 24.6 Å². The number of piperidine rings is 1. The zero-order valence-electron chi connectivity index (χ0n) is 15.4. The van der Waals surface area contributed by atoms with Gasteiger partial charge in [-0.05, 0) is 46.0 Å². The molecule has 0 amide bonds.